The summed E-state index contributed by atoms with van der Waals surface area (Å²) >= 11 is 12.3. The minimum atomic E-state index is 0.342. The van der Waals surface area contributed by atoms with Crippen molar-refractivity contribution in [2.45, 2.75) is 13.5 Å². The Morgan fingerprint density at radius 3 is 2.69 bits per heavy atom. The molecule has 0 saturated heterocycles. The molecule has 1 aromatic heterocycles. The van der Waals surface area contributed by atoms with E-state index in [0.29, 0.717) is 39.8 Å². The normalized spacial score (nSPS) is 10.5. The van der Waals surface area contributed by atoms with E-state index < -0.39 is 0 Å². The van der Waals surface area contributed by atoms with Crippen LogP contribution >= 0.6 is 23.2 Å². The molecule has 1 heterocycles. The van der Waals surface area contributed by atoms with Crippen molar-refractivity contribution in [3.05, 3.63) is 63.8 Å². The lowest BCUT2D eigenvalue weighted by Crippen LogP contribution is -2.06. The summed E-state index contributed by atoms with van der Waals surface area (Å²) in [6, 6.07) is 11.2. The van der Waals surface area contributed by atoms with Crippen LogP contribution in [0, 0.1) is 6.92 Å². The summed E-state index contributed by atoms with van der Waals surface area (Å²) in [5, 5.41) is 15.6. The lowest BCUT2D eigenvalue weighted by molar-refractivity contribution is 0.416. The van der Waals surface area contributed by atoms with E-state index in [-0.39, 0.29) is 0 Å². The monoisotopic (exact) mass is 389 g/mol. The molecule has 0 aliphatic heterocycles. The fraction of sp³-hybridized carbons (Fsp3) is 0.167. The number of ether oxygens (including phenoxy) is 1. The second-order valence-corrected chi connectivity index (χ2v) is 6.35. The Labute approximate surface area is 161 Å². The number of nitrogens with zero attached hydrogens (tertiary/aromatic N) is 3. The van der Waals surface area contributed by atoms with Gasteiger partial charge in [-0.25, -0.2) is 0 Å². The van der Waals surface area contributed by atoms with Gasteiger partial charge in [0.2, 0.25) is 5.95 Å². The quantitative estimate of drug-likeness (QED) is 0.627. The summed E-state index contributed by atoms with van der Waals surface area (Å²) < 4.78 is 5.35. The molecule has 6 nitrogen and oxygen atoms in total. The van der Waals surface area contributed by atoms with Gasteiger partial charge < -0.3 is 15.4 Å². The molecular weight excluding hydrogens is 373 g/mol. The van der Waals surface area contributed by atoms with Gasteiger partial charge in [-0.2, -0.15) is 10.1 Å². The lowest BCUT2D eigenvalue weighted by Gasteiger charge is -2.12. The largest absolute Gasteiger partial charge is 0.495 e. The van der Waals surface area contributed by atoms with Crippen LogP contribution in [0.1, 0.15) is 11.1 Å². The second kappa shape index (κ2) is 8.21. The van der Waals surface area contributed by atoms with E-state index in [9.17, 15) is 0 Å². The number of benzene rings is 2. The third kappa shape index (κ3) is 4.33. The second-order valence-electron chi connectivity index (χ2n) is 5.54. The van der Waals surface area contributed by atoms with Crippen LogP contribution in [0.15, 0.2) is 42.6 Å². The summed E-state index contributed by atoms with van der Waals surface area (Å²) in [6.07, 6.45) is 1.55. The minimum absolute atomic E-state index is 0.342. The number of rotatable bonds is 6. The summed E-state index contributed by atoms with van der Waals surface area (Å²) in [6.45, 7) is 2.44. The van der Waals surface area contributed by atoms with Crippen LogP contribution < -0.4 is 15.4 Å². The molecule has 2 N–H and O–H groups in total. The molecule has 0 radical (unpaired) electrons. The molecule has 134 valence electrons. The average Bonchev–Trinajstić information content (AvgIpc) is 2.64. The molecule has 0 aliphatic carbocycles. The highest BCUT2D eigenvalue weighted by molar-refractivity contribution is 6.31. The van der Waals surface area contributed by atoms with Crippen LogP contribution in [0.5, 0.6) is 5.75 Å². The first-order valence-electron chi connectivity index (χ1n) is 7.85. The molecule has 0 saturated carbocycles. The van der Waals surface area contributed by atoms with Gasteiger partial charge in [0.05, 0.1) is 19.0 Å². The Bertz CT molecular complexity index is 920. The van der Waals surface area contributed by atoms with E-state index >= 15 is 0 Å². The van der Waals surface area contributed by atoms with Gasteiger partial charge in [-0.15, -0.1) is 5.10 Å². The number of aryl methyl sites for hydroxylation is 1. The van der Waals surface area contributed by atoms with Crippen LogP contribution in [0.4, 0.5) is 17.5 Å². The first-order valence-corrected chi connectivity index (χ1v) is 8.60. The molecule has 2 aromatic carbocycles. The Balaban J connectivity index is 1.76. The summed E-state index contributed by atoms with van der Waals surface area (Å²) in [5.74, 6) is 1.51. The van der Waals surface area contributed by atoms with Crippen molar-refractivity contribution in [3.63, 3.8) is 0 Å². The van der Waals surface area contributed by atoms with Crippen molar-refractivity contribution in [1.82, 2.24) is 15.2 Å². The van der Waals surface area contributed by atoms with Gasteiger partial charge in [0.25, 0.3) is 0 Å². The summed E-state index contributed by atoms with van der Waals surface area (Å²) in [7, 11) is 1.58. The number of anilines is 3. The fourth-order valence-corrected chi connectivity index (χ4v) is 2.68. The van der Waals surface area contributed by atoms with Crippen LogP contribution in [-0.4, -0.2) is 22.3 Å². The molecule has 26 heavy (non-hydrogen) atoms. The molecule has 0 spiro atoms. The molecule has 3 aromatic rings. The van der Waals surface area contributed by atoms with Gasteiger partial charge in [0.1, 0.15) is 5.75 Å². The maximum atomic E-state index is 6.16. The maximum Gasteiger partial charge on any atom is 0.249 e. The Hall–Kier alpha value is -2.57. The summed E-state index contributed by atoms with van der Waals surface area (Å²) in [5.41, 5.74) is 2.59. The van der Waals surface area contributed by atoms with Crippen molar-refractivity contribution >= 4 is 40.7 Å². The number of hydrogen-bond donors (Lipinski definition) is 2. The number of nitrogens with one attached hydrogen (secondary N) is 2. The first-order chi connectivity index (χ1) is 12.6. The number of methoxy groups -OCH3 is 1. The molecule has 0 fully saturated rings. The molecule has 0 atom stereocenters. The zero-order valence-corrected chi connectivity index (χ0v) is 15.8. The topological polar surface area (TPSA) is 72.0 Å². The number of halogens is 2. The van der Waals surface area contributed by atoms with Crippen LogP contribution in [0.25, 0.3) is 0 Å². The van der Waals surface area contributed by atoms with Gasteiger partial charge in [0.15, 0.2) is 5.82 Å². The van der Waals surface area contributed by atoms with E-state index in [2.05, 4.69) is 25.8 Å². The molecule has 0 unspecified atom stereocenters. The van der Waals surface area contributed by atoms with Crippen molar-refractivity contribution < 1.29 is 4.74 Å². The van der Waals surface area contributed by atoms with Crippen LogP contribution in [0.3, 0.4) is 0 Å². The third-order valence-corrected chi connectivity index (χ3v) is 4.48. The average molecular weight is 390 g/mol. The number of aromatic nitrogens is 3. The smallest absolute Gasteiger partial charge is 0.249 e. The molecular formula is C18H17Cl2N5O. The van der Waals surface area contributed by atoms with Crippen LogP contribution in [0.2, 0.25) is 10.0 Å². The maximum absolute atomic E-state index is 6.16. The minimum Gasteiger partial charge on any atom is -0.495 e. The lowest BCUT2D eigenvalue weighted by atomic mass is 10.2. The van der Waals surface area contributed by atoms with Gasteiger partial charge in [-0.05, 0) is 30.2 Å². The zero-order valence-electron chi connectivity index (χ0n) is 14.3. The molecule has 8 heteroatoms. The van der Waals surface area contributed by atoms with E-state index in [1.165, 1.54) is 0 Å². The molecule has 0 amide bonds. The first kappa shape index (κ1) is 18.2. The van der Waals surface area contributed by atoms with Crippen LogP contribution in [-0.2, 0) is 6.54 Å². The van der Waals surface area contributed by atoms with Gasteiger partial charge in [-0.3, -0.25) is 0 Å². The highest BCUT2D eigenvalue weighted by Crippen LogP contribution is 2.32. The zero-order chi connectivity index (χ0) is 18.5. The predicted molar refractivity (Wildman–Crippen MR) is 105 cm³/mol. The van der Waals surface area contributed by atoms with Gasteiger partial charge >= 0.3 is 0 Å². The highest BCUT2D eigenvalue weighted by Gasteiger charge is 2.09. The highest BCUT2D eigenvalue weighted by atomic mass is 35.5. The standard InChI is InChI=1S/C18H17Cl2N5O/c1-11-7-15(16(26-2)8-14(11)20)23-18-24-17(10-22-25-18)21-9-12-5-3-4-6-13(12)19/h3-8,10H,9H2,1-2H3,(H2,21,23,24,25). The van der Waals surface area contributed by atoms with E-state index in [1.54, 1.807) is 19.4 Å². The molecule has 0 aliphatic rings. The van der Waals surface area contributed by atoms with Crippen molar-refractivity contribution in [1.29, 1.82) is 0 Å². The molecule has 3 rings (SSSR count). The van der Waals surface area contributed by atoms with E-state index in [4.69, 9.17) is 27.9 Å². The van der Waals surface area contributed by atoms with E-state index in [1.807, 2.05) is 37.3 Å². The summed E-state index contributed by atoms with van der Waals surface area (Å²) in [4.78, 5) is 4.41. The third-order valence-electron chi connectivity index (χ3n) is 3.70. The van der Waals surface area contributed by atoms with Crippen molar-refractivity contribution in [3.8, 4) is 5.75 Å². The Morgan fingerprint density at radius 2 is 1.92 bits per heavy atom. The SMILES string of the molecule is COc1cc(Cl)c(C)cc1Nc1nncc(NCc2ccccc2Cl)n1. The number of hydrogen-bond acceptors (Lipinski definition) is 6. The predicted octanol–water partition coefficient (Wildman–Crippen LogP) is 4.85. The van der Waals surface area contributed by atoms with Crippen molar-refractivity contribution in [2.24, 2.45) is 0 Å². The Morgan fingerprint density at radius 1 is 1.12 bits per heavy atom. The van der Waals surface area contributed by atoms with Gasteiger partial charge in [-0.1, -0.05) is 41.4 Å². The van der Waals surface area contributed by atoms with Crippen molar-refractivity contribution in [2.75, 3.05) is 17.7 Å². The van der Waals surface area contributed by atoms with Gasteiger partial charge in [0, 0.05) is 22.7 Å². The fourth-order valence-electron chi connectivity index (χ4n) is 2.32. The Kier molecular flexibility index (Phi) is 5.75. The van der Waals surface area contributed by atoms with E-state index in [0.717, 1.165) is 11.1 Å². The molecule has 0 bridgehead atoms.